The maximum Gasteiger partial charge on any atom is 0.408 e. The monoisotopic (exact) mass is 636 g/mol. The van der Waals surface area contributed by atoms with Gasteiger partial charge in [-0.05, 0) is 76.0 Å². The molecule has 0 saturated heterocycles. The van der Waals surface area contributed by atoms with Crippen molar-refractivity contribution in [2.45, 2.75) is 104 Å². The first-order valence-electron chi connectivity index (χ1n) is 15.2. The van der Waals surface area contributed by atoms with E-state index in [-0.39, 0.29) is 30.6 Å². The molecule has 0 saturated carbocycles. The summed E-state index contributed by atoms with van der Waals surface area (Å²) < 4.78 is 9.87. The van der Waals surface area contributed by atoms with Crippen molar-refractivity contribution in [3.63, 3.8) is 0 Å². The highest BCUT2D eigenvalue weighted by Gasteiger charge is 2.32. The van der Waals surface area contributed by atoms with Crippen LogP contribution in [-0.2, 0) is 30.4 Å². The molecule has 3 atom stereocenters. The molecule has 0 fully saturated rings. The molecule has 0 radical (unpaired) electrons. The first kappa shape index (κ1) is 39.0. The molecule has 1 rings (SSSR count). The quantitative estimate of drug-likeness (QED) is 0.0993. The molecule has 0 aromatic heterocycles. The van der Waals surface area contributed by atoms with Gasteiger partial charge in [0.2, 0.25) is 11.8 Å². The van der Waals surface area contributed by atoms with Crippen molar-refractivity contribution in [2.75, 3.05) is 13.7 Å². The highest BCUT2D eigenvalue weighted by molar-refractivity contribution is 5.93. The number of hydrogen-bond donors (Lipinski definition) is 7. The summed E-state index contributed by atoms with van der Waals surface area (Å²) in [5.41, 5.74) is 5.50. The number of methoxy groups -OCH3 is 1. The Kier molecular flexibility index (Phi) is 16.7. The van der Waals surface area contributed by atoms with Crippen molar-refractivity contribution in [3.05, 3.63) is 29.8 Å². The standard InChI is InChI=1S/C31H52N6O8/c1-19(2)17-24(27(40)37-33-18-21-12-14-22(38)15-13-21)35-26(39)23(11-9-10-16-32-29(42)44-8)34-28(41)25(20(3)4)36-30(43)45-31(5,6)7/h12-15,19-20,23-25,33,38H,9-11,16-18H2,1-8H3,(H,32,42)(H,34,41)(H,35,39)(H,36,43)(H,37,40)/t23-,24-,25-/m0/s1. The molecule has 45 heavy (non-hydrogen) atoms. The van der Waals surface area contributed by atoms with Crippen molar-refractivity contribution in [3.8, 4) is 5.75 Å². The number of alkyl carbamates (subject to hydrolysis) is 2. The summed E-state index contributed by atoms with van der Waals surface area (Å²) in [5, 5.41) is 20.1. The van der Waals surface area contributed by atoms with Gasteiger partial charge in [-0.1, -0.05) is 39.8 Å². The van der Waals surface area contributed by atoms with Crippen LogP contribution < -0.4 is 32.1 Å². The summed E-state index contributed by atoms with van der Waals surface area (Å²) in [6, 6.07) is 3.54. The van der Waals surface area contributed by atoms with Crippen molar-refractivity contribution >= 4 is 29.9 Å². The van der Waals surface area contributed by atoms with E-state index in [0.29, 0.717) is 25.8 Å². The van der Waals surface area contributed by atoms with Gasteiger partial charge >= 0.3 is 12.2 Å². The molecule has 0 heterocycles. The molecular formula is C31H52N6O8. The Morgan fingerprint density at radius 1 is 0.822 bits per heavy atom. The highest BCUT2D eigenvalue weighted by atomic mass is 16.6. The number of aromatic hydroxyl groups is 1. The minimum atomic E-state index is -1.04. The number of benzene rings is 1. The molecule has 1 aromatic rings. The van der Waals surface area contributed by atoms with Crippen LogP contribution in [0.3, 0.4) is 0 Å². The minimum Gasteiger partial charge on any atom is -0.508 e. The summed E-state index contributed by atoms with van der Waals surface area (Å²) in [6.45, 7) is 13.0. The van der Waals surface area contributed by atoms with E-state index in [9.17, 15) is 29.1 Å². The lowest BCUT2D eigenvalue weighted by atomic mass is 10.0. The fourth-order valence-electron chi connectivity index (χ4n) is 4.15. The third-order valence-corrected chi connectivity index (χ3v) is 6.41. The predicted octanol–water partition coefficient (Wildman–Crippen LogP) is 2.60. The normalized spacial score (nSPS) is 13.3. The molecule has 0 unspecified atom stereocenters. The Morgan fingerprint density at radius 2 is 1.44 bits per heavy atom. The van der Waals surface area contributed by atoms with Crippen molar-refractivity contribution < 1.29 is 38.6 Å². The number of phenolic OH excluding ortho intramolecular Hbond substituents is 1. The van der Waals surface area contributed by atoms with Crippen LogP contribution >= 0.6 is 0 Å². The second-order valence-corrected chi connectivity index (χ2v) is 12.5. The van der Waals surface area contributed by atoms with E-state index in [2.05, 4.69) is 36.9 Å². The summed E-state index contributed by atoms with van der Waals surface area (Å²) in [5.74, 6) is -1.75. The maximum atomic E-state index is 13.6. The van der Waals surface area contributed by atoms with Crippen LogP contribution in [0.4, 0.5) is 9.59 Å². The second-order valence-electron chi connectivity index (χ2n) is 12.5. The van der Waals surface area contributed by atoms with Gasteiger partial charge in [0.15, 0.2) is 0 Å². The Balaban J connectivity index is 3.02. The zero-order chi connectivity index (χ0) is 34.2. The first-order chi connectivity index (χ1) is 21.0. The average Bonchev–Trinajstić information content (AvgIpc) is 2.94. The fraction of sp³-hybridized carbons (Fsp3) is 0.645. The Bertz CT molecular complexity index is 1100. The summed E-state index contributed by atoms with van der Waals surface area (Å²) in [6.07, 6.45) is 0.134. The third kappa shape index (κ3) is 16.5. The van der Waals surface area contributed by atoms with Crippen LogP contribution in [0.15, 0.2) is 24.3 Å². The summed E-state index contributed by atoms with van der Waals surface area (Å²) in [7, 11) is 1.26. The lowest BCUT2D eigenvalue weighted by Gasteiger charge is -2.28. The van der Waals surface area contributed by atoms with Gasteiger partial charge in [0.05, 0.1) is 7.11 Å². The Hall–Kier alpha value is -4.07. The topological polar surface area (TPSA) is 196 Å². The minimum absolute atomic E-state index is 0.0546. The van der Waals surface area contributed by atoms with E-state index >= 15 is 0 Å². The van der Waals surface area contributed by atoms with Gasteiger partial charge in [0.1, 0.15) is 29.5 Å². The number of carbonyl (C=O) groups is 5. The van der Waals surface area contributed by atoms with Gasteiger partial charge in [0, 0.05) is 13.1 Å². The molecule has 254 valence electrons. The predicted molar refractivity (Wildman–Crippen MR) is 169 cm³/mol. The number of rotatable bonds is 17. The number of carbonyl (C=O) groups excluding carboxylic acids is 5. The van der Waals surface area contributed by atoms with E-state index in [1.54, 1.807) is 46.8 Å². The molecule has 0 aliphatic rings. The second kappa shape index (κ2) is 19.3. The van der Waals surface area contributed by atoms with Crippen molar-refractivity contribution in [2.24, 2.45) is 11.8 Å². The number of hydrazine groups is 1. The molecule has 0 spiro atoms. The van der Waals surface area contributed by atoms with E-state index in [4.69, 9.17) is 4.74 Å². The number of unbranched alkanes of at least 4 members (excludes halogenated alkanes) is 1. The molecule has 14 heteroatoms. The number of nitrogens with one attached hydrogen (secondary N) is 6. The highest BCUT2D eigenvalue weighted by Crippen LogP contribution is 2.12. The van der Waals surface area contributed by atoms with Crippen LogP contribution in [0.2, 0.25) is 0 Å². The lowest BCUT2D eigenvalue weighted by molar-refractivity contribution is -0.133. The molecule has 0 aliphatic heterocycles. The van der Waals surface area contributed by atoms with Crippen LogP contribution in [0.25, 0.3) is 0 Å². The summed E-state index contributed by atoms with van der Waals surface area (Å²) >= 11 is 0. The largest absolute Gasteiger partial charge is 0.508 e. The van der Waals surface area contributed by atoms with Gasteiger partial charge in [-0.3, -0.25) is 19.8 Å². The number of hydrogen-bond acceptors (Lipinski definition) is 9. The molecule has 0 aliphatic carbocycles. The van der Waals surface area contributed by atoms with Crippen LogP contribution in [0.5, 0.6) is 5.75 Å². The maximum absolute atomic E-state index is 13.6. The summed E-state index contributed by atoms with van der Waals surface area (Å²) in [4.78, 5) is 63.8. The van der Waals surface area contributed by atoms with E-state index in [0.717, 1.165) is 5.56 Å². The van der Waals surface area contributed by atoms with Gasteiger partial charge < -0.3 is 35.8 Å². The lowest BCUT2D eigenvalue weighted by Crippen LogP contribution is -2.58. The molecule has 1 aromatic carbocycles. The van der Waals surface area contributed by atoms with Crippen LogP contribution in [0.1, 0.15) is 79.7 Å². The van der Waals surface area contributed by atoms with Crippen molar-refractivity contribution in [1.29, 1.82) is 0 Å². The number of ether oxygens (including phenoxy) is 2. The Morgan fingerprint density at radius 3 is 2.00 bits per heavy atom. The number of phenols is 1. The van der Waals surface area contributed by atoms with E-state index in [1.807, 2.05) is 13.8 Å². The molecule has 7 N–H and O–H groups in total. The van der Waals surface area contributed by atoms with E-state index in [1.165, 1.54) is 19.2 Å². The first-order valence-corrected chi connectivity index (χ1v) is 15.2. The third-order valence-electron chi connectivity index (χ3n) is 6.41. The van der Waals surface area contributed by atoms with Crippen LogP contribution in [-0.4, -0.2) is 72.4 Å². The van der Waals surface area contributed by atoms with Crippen LogP contribution in [0, 0.1) is 11.8 Å². The smallest absolute Gasteiger partial charge is 0.408 e. The average molecular weight is 637 g/mol. The van der Waals surface area contributed by atoms with Gasteiger partial charge in [0.25, 0.3) is 5.91 Å². The van der Waals surface area contributed by atoms with Gasteiger partial charge in [-0.2, -0.15) is 0 Å². The van der Waals surface area contributed by atoms with Crippen molar-refractivity contribution in [1.82, 2.24) is 32.1 Å². The zero-order valence-electron chi connectivity index (χ0n) is 27.7. The molecular weight excluding hydrogens is 584 g/mol. The Labute approximate surface area is 266 Å². The molecule has 5 amide bonds. The molecule has 0 bridgehead atoms. The van der Waals surface area contributed by atoms with E-state index < -0.39 is 53.6 Å². The fourth-order valence-corrected chi connectivity index (χ4v) is 4.15. The van der Waals surface area contributed by atoms with Gasteiger partial charge in [-0.15, -0.1) is 0 Å². The zero-order valence-corrected chi connectivity index (χ0v) is 27.7. The molecule has 14 nitrogen and oxygen atoms in total. The van der Waals surface area contributed by atoms with Gasteiger partial charge in [-0.25, -0.2) is 15.0 Å². The SMILES string of the molecule is COC(=O)NCCCC[C@H](NC(=O)[C@@H](NC(=O)OC(C)(C)C)C(C)C)C(=O)N[C@@H](CC(C)C)C(=O)NNCc1ccc(O)cc1. The number of amides is 5.